The van der Waals surface area contributed by atoms with Gasteiger partial charge in [0, 0.05) is 19.3 Å². The first kappa shape index (κ1) is 16.7. The van der Waals surface area contributed by atoms with Gasteiger partial charge in [-0.25, -0.2) is 4.39 Å². The van der Waals surface area contributed by atoms with Gasteiger partial charge >= 0.3 is 0 Å². The molecule has 0 bridgehead atoms. The first-order chi connectivity index (χ1) is 12.7. The average Bonchev–Trinajstić information content (AvgIpc) is 3.38. The van der Waals surface area contributed by atoms with Crippen LogP contribution in [0.3, 0.4) is 0 Å². The lowest BCUT2D eigenvalue weighted by atomic mass is 9.95. The number of aliphatic hydroxyl groups excluding tert-OH is 1. The lowest BCUT2D eigenvalue weighted by molar-refractivity contribution is 0.305. The summed E-state index contributed by atoms with van der Waals surface area (Å²) < 4.78 is 15.3. The zero-order valence-electron chi connectivity index (χ0n) is 14.6. The Balaban J connectivity index is 1.73. The fraction of sp³-hybridized carbons (Fsp3) is 0.300. The number of aromatic nitrogens is 3. The summed E-state index contributed by atoms with van der Waals surface area (Å²) >= 11 is 0. The van der Waals surface area contributed by atoms with Crippen LogP contribution in [0.1, 0.15) is 24.2 Å². The van der Waals surface area contributed by atoms with Crippen molar-refractivity contribution in [2.45, 2.75) is 18.3 Å². The summed E-state index contributed by atoms with van der Waals surface area (Å²) in [6.45, 7) is 0.444. The zero-order valence-corrected chi connectivity index (χ0v) is 14.6. The van der Waals surface area contributed by atoms with Crippen LogP contribution in [0.25, 0.3) is 0 Å². The van der Waals surface area contributed by atoms with Crippen LogP contribution in [-0.2, 0) is 12.5 Å². The fourth-order valence-corrected chi connectivity index (χ4v) is 3.56. The predicted octanol–water partition coefficient (Wildman–Crippen LogP) is 3.16. The van der Waals surface area contributed by atoms with Crippen LogP contribution in [0.4, 0.5) is 16.0 Å². The minimum absolute atomic E-state index is 0.0141. The first-order valence-corrected chi connectivity index (χ1v) is 8.75. The van der Waals surface area contributed by atoms with Crippen molar-refractivity contribution in [1.82, 2.24) is 14.8 Å². The molecule has 0 atom stereocenters. The molecule has 134 valence electrons. The zero-order chi connectivity index (χ0) is 18.1. The van der Waals surface area contributed by atoms with E-state index in [1.54, 1.807) is 0 Å². The smallest absolute Gasteiger partial charge is 0.231 e. The van der Waals surface area contributed by atoms with Gasteiger partial charge < -0.3 is 10.0 Å². The third-order valence-corrected chi connectivity index (χ3v) is 5.06. The van der Waals surface area contributed by atoms with Crippen LogP contribution < -0.4 is 4.90 Å². The van der Waals surface area contributed by atoms with Crippen LogP contribution in [0, 0.1) is 5.82 Å². The maximum Gasteiger partial charge on any atom is 0.231 e. The molecular weight excluding hydrogens is 331 g/mol. The third-order valence-electron chi connectivity index (χ3n) is 5.06. The summed E-state index contributed by atoms with van der Waals surface area (Å²) in [5.74, 6) is 1.33. The second-order valence-corrected chi connectivity index (χ2v) is 6.68. The van der Waals surface area contributed by atoms with Crippen LogP contribution in [-0.4, -0.2) is 33.0 Å². The molecule has 1 heterocycles. The lowest BCUT2D eigenvalue weighted by Gasteiger charge is -2.23. The van der Waals surface area contributed by atoms with Gasteiger partial charge in [0.15, 0.2) is 0 Å². The van der Waals surface area contributed by atoms with E-state index in [9.17, 15) is 9.50 Å². The van der Waals surface area contributed by atoms with Gasteiger partial charge in [0.1, 0.15) is 11.6 Å². The highest BCUT2D eigenvalue weighted by Gasteiger charge is 2.50. The van der Waals surface area contributed by atoms with E-state index in [-0.39, 0.29) is 17.8 Å². The number of halogens is 1. The highest BCUT2D eigenvalue weighted by Crippen LogP contribution is 2.53. The van der Waals surface area contributed by atoms with E-state index in [0.29, 0.717) is 12.5 Å². The molecule has 1 aliphatic rings. The molecule has 1 fully saturated rings. The number of nitrogens with zero attached hydrogens (tertiary/aromatic N) is 4. The van der Waals surface area contributed by atoms with Gasteiger partial charge in [-0.15, -0.1) is 10.2 Å². The van der Waals surface area contributed by atoms with E-state index < -0.39 is 0 Å². The molecular formula is C20H21FN4O. The molecule has 3 aromatic rings. The molecule has 0 radical (unpaired) electrons. The molecule has 1 saturated carbocycles. The van der Waals surface area contributed by atoms with Gasteiger partial charge in [-0.3, -0.25) is 4.57 Å². The Morgan fingerprint density at radius 3 is 2.38 bits per heavy atom. The van der Waals surface area contributed by atoms with Gasteiger partial charge in [0.2, 0.25) is 5.95 Å². The molecule has 0 saturated heterocycles. The minimum Gasteiger partial charge on any atom is -0.395 e. The highest BCUT2D eigenvalue weighted by atomic mass is 19.1. The molecule has 1 aliphatic carbocycles. The number of aliphatic hydroxyl groups is 1. The second-order valence-electron chi connectivity index (χ2n) is 6.68. The normalized spacial score (nSPS) is 15.0. The summed E-state index contributed by atoms with van der Waals surface area (Å²) in [6, 6.07) is 16.5. The Labute approximate surface area is 151 Å². The predicted molar refractivity (Wildman–Crippen MR) is 98.0 cm³/mol. The SMILES string of the molecule is Cn1c(N(CCO)c2ccccc2)nnc1C1(c2ccc(F)cc2)CC1. The van der Waals surface area contributed by atoms with E-state index in [0.717, 1.165) is 29.9 Å². The molecule has 0 aliphatic heterocycles. The molecule has 0 unspecified atom stereocenters. The van der Waals surface area contributed by atoms with Crippen LogP contribution in [0.5, 0.6) is 0 Å². The molecule has 0 spiro atoms. The Morgan fingerprint density at radius 2 is 1.77 bits per heavy atom. The second kappa shape index (κ2) is 6.53. The number of rotatable bonds is 6. The molecule has 1 aromatic heterocycles. The molecule has 1 N–H and O–H groups in total. The van der Waals surface area contributed by atoms with Crippen molar-refractivity contribution < 1.29 is 9.50 Å². The van der Waals surface area contributed by atoms with Crippen molar-refractivity contribution in [3.05, 3.63) is 71.8 Å². The third kappa shape index (κ3) is 2.76. The number of hydrogen-bond donors (Lipinski definition) is 1. The highest BCUT2D eigenvalue weighted by molar-refractivity contribution is 5.58. The Morgan fingerprint density at radius 1 is 1.08 bits per heavy atom. The van der Waals surface area contributed by atoms with Crippen molar-refractivity contribution in [3.63, 3.8) is 0 Å². The average molecular weight is 352 g/mol. The van der Waals surface area contributed by atoms with Crippen molar-refractivity contribution in [3.8, 4) is 0 Å². The van der Waals surface area contributed by atoms with Crippen molar-refractivity contribution >= 4 is 11.6 Å². The van der Waals surface area contributed by atoms with E-state index >= 15 is 0 Å². The summed E-state index contributed by atoms with van der Waals surface area (Å²) in [6.07, 6.45) is 1.94. The largest absolute Gasteiger partial charge is 0.395 e. The maximum atomic E-state index is 13.3. The molecule has 0 amide bonds. The maximum absolute atomic E-state index is 13.3. The summed E-state index contributed by atoms with van der Waals surface area (Å²) in [5.41, 5.74) is 1.82. The van der Waals surface area contributed by atoms with Gasteiger partial charge in [-0.1, -0.05) is 30.3 Å². The van der Waals surface area contributed by atoms with E-state index in [2.05, 4.69) is 10.2 Å². The minimum atomic E-state index is -0.235. The first-order valence-electron chi connectivity index (χ1n) is 8.75. The standard InChI is InChI=1S/C20H21FN4O/c1-24-18(20(11-12-20)15-7-9-16(21)10-8-15)22-23-19(24)25(13-14-26)17-5-3-2-4-6-17/h2-10,26H,11-14H2,1H3. The van der Waals surface area contributed by atoms with Gasteiger partial charge in [-0.05, 0) is 42.7 Å². The Kier molecular flexibility index (Phi) is 4.20. The van der Waals surface area contributed by atoms with Crippen molar-refractivity contribution in [2.24, 2.45) is 7.05 Å². The number of anilines is 2. The summed E-state index contributed by atoms with van der Waals surface area (Å²) in [7, 11) is 1.95. The van der Waals surface area contributed by atoms with Crippen molar-refractivity contribution in [2.75, 3.05) is 18.1 Å². The monoisotopic (exact) mass is 352 g/mol. The van der Waals surface area contributed by atoms with Gasteiger partial charge in [0.05, 0.1) is 12.0 Å². The lowest BCUT2D eigenvalue weighted by Crippen LogP contribution is -2.25. The molecule has 6 heteroatoms. The van der Waals surface area contributed by atoms with Gasteiger partial charge in [-0.2, -0.15) is 0 Å². The van der Waals surface area contributed by atoms with E-state index in [4.69, 9.17) is 0 Å². The molecule has 26 heavy (non-hydrogen) atoms. The van der Waals surface area contributed by atoms with E-state index in [1.165, 1.54) is 12.1 Å². The number of hydrogen-bond acceptors (Lipinski definition) is 4. The summed E-state index contributed by atoms with van der Waals surface area (Å²) in [4.78, 5) is 1.96. The van der Waals surface area contributed by atoms with Crippen LogP contribution >= 0.6 is 0 Å². The van der Waals surface area contributed by atoms with Crippen LogP contribution in [0.2, 0.25) is 0 Å². The Bertz CT molecular complexity index is 888. The quantitative estimate of drug-likeness (QED) is 0.740. The summed E-state index contributed by atoms with van der Waals surface area (Å²) in [5, 5.41) is 18.4. The number of benzene rings is 2. The topological polar surface area (TPSA) is 54.2 Å². The van der Waals surface area contributed by atoms with Gasteiger partial charge in [0.25, 0.3) is 0 Å². The molecule has 2 aromatic carbocycles. The van der Waals surface area contributed by atoms with E-state index in [1.807, 2.05) is 59.0 Å². The number of para-hydroxylation sites is 1. The molecule has 4 rings (SSSR count). The van der Waals surface area contributed by atoms with Crippen molar-refractivity contribution in [1.29, 1.82) is 0 Å². The fourth-order valence-electron chi connectivity index (χ4n) is 3.56. The Hall–Kier alpha value is -2.73. The van der Waals surface area contributed by atoms with Crippen LogP contribution in [0.15, 0.2) is 54.6 Å². The molecule has 5 nitrogen and oxygen atoms in total.